The second-order valence-corrected chi connectivity index (χ2v) is 10.1. The number of unbranched alkanes of at least 4 members (excludes halogenated alkanes) is 11. The summed E-state index contributed by atoms with van der Waals surface area (Å²) < 4.78 is 23.0. The first-order chi connectivity index (χ1) is 13.8. The van der Waals surface area contributed by atoms with Gasteiger partial charge in [0, 0.05) is 6.54 Å². The average molecular weight is 436 g/mol. The van der Waals surface area contributed by atoms with Crippen LogP contribution in [0.25, 0.3) is 0 Å². The molecule has 0 saturated carbocycles. The molecule has 8 heteroatoms. The largest absolute Gasteiger partial charge is 0.406 e. The van der Waals surface area contributed by atoms with Crippen molar-refractivity contribution in [1.82, 2.24) is 5.09 Å². The van der Waals surface area contributed by atoms with Crippen molar-refractivity contribution in [3.8, 4) is 0 Å². The van der Waals surface area contributed by atoms with Crippen LogP contribution >= 0.6 is 7.75 Å². The minimum atomic E-state index is -3.51. The summed E-state index contributed by atoms with van der Waals surface area (Å²) in [4.78, 5) is 12.5. The number of hydrogen-bond acceptors (Lipinski definition) is 6. The molecule has 1 saturated heterocycles. The maximum atomic E-state index is 12.5. The molecule has 7 nitrogen and oxygen atoms in total. The third-order valence-corrected chi connectivity index (χ3v) is 7.05. The van der Waals surface area contributed by atoms with Crippen LogP contribution in [0.4, 0.5) is 0 Å². The van der Waals surface area contributed by atoms with Crippen LogP contribution in [0.1, 0.15) is 97.3 Å². The zero-order chi connectivity index (χ0) is 21.6. The van der Waals surface area contributed by atoms with Gasteiger partial charge in [0.05, 0.1) is 13.2 Å². The van der Waals surface area contributed by atoms with Gasteiger partial charge in [0.25, 0.3) is 0 Å². The van der Waals surface area contributed by atoms with Crippen molar-refractivity contribution in [2.24, 2.45) is 0 Å². The molecule has 172 valence electrons. The van der Waals surface area contributed by atoms with Crippen LogP contribution < -0.4 is 5.09 Å². The number of carbonyl (C=O) groups excluding carboxylic acids is 1. The summed E-state index contributed by atoms with van der Waals surface area (Å²) in [6, 6.07) is 0. The molecule has 0 bridgehead atoms. The third kappa shape index (κ3) is 11.0. The topological polar surface area (TPSA) is 105 Å². The van der Waals surface area contributed by atoms with Crippen molar-refractivity contribution in [2.75, 3.05) is 19.8 Å². The smallest absolute Gasteiger partial charge is 0.393 e. The number of carbonyl (C=O) groups is 1. The van der Waals surface area contributed by atoms with Crippen molar-refractivity contribution < 1.29 is 28.6 Å². The summed E-state index contributed by atoms with van der Waals surface area (Å²) in [5.74, 6) is -0.657. The number of aliphatic hydroxyl groups excluding tert-OH is 1. The Bertz CT molecular complexity index is 490. The van der Waals surface area contributed by atoms with E-state index in [1.54, 1.807) is 0 Å². The first-order valence-corrected chi connectivity index (χ1v) is 12.9. The fourth-order valence-electron chi connectivity index (χ4n) is 3.46. The maximum absolute atomic E-state index is 12.5. The van der Waals surface area contributed by atoms with E-state index in [4.69, 9.17) is 9.05 Å². The lowest BCUT2D eigenvalue weighted by molar-refractivity contribution is -0.147. The van der Waals surface area contributed by atoms with Crippen LogP contribution in [-0.2, 0) is 18.4 Å². The molecule has 1 fully saturated rings. The number of ketones is 1. The third-order valence-electron chi connectivity index (χ3n) is 5.39. The molecule has 0 aromatic heterocycles. The first-order valence-electron chi connectivity index (χ1n) is 11.4. The molecule has 1 rings (SSSR count). The van der Waals surface area contributed by atoms with Crippen LogP contribution in [0.3, 0.4) is 0 Å². The van der Waals surface area contributed by atoms with Crippen LogP contribution in [0.5, 0.6) is 0 Å². The molecule has 3 unspecified atom stereocenters. The Kier molecular flexibility index (Phi) is 13.5. The van der Waals surface area contributed by atoms with E-state index in [2.05, 4.69) is 12.0 Å². The zero-order valence-corrected chi connectivity index (χ0v) is 19.3. The number of hydrogen-bond donors (Lipinski definition) is 3. The molecule has 1 aliphatic heterocycles. The molecule has 0 aromatic carbocycles. The van der Waals surface area contributed by atoms with E-state index in [9.17, 15) is 19.6 Å². The van der Waals surface area contributed by atoms with E-state index in [-0.39, 0.29) is 6.61 Å². The molecule has 0 radical (unpaired) electrons. The van der Waals surface area contributed by atoms with Gasteiger partial charge in [-0.05, 0) is 13.3 Å². The Balaban J connectivity index is 2.25. The van der Waals surface area contributed by atoms with Gasteiger partial charge in [-0.15, -0.1) is 0 Å². The predicted molar refractivity (Wildman–Crippen MR) is 115 cm³/mol. The summed E-state index contributed by atoms with van der Waals surface area (Å²) >= 11 is 0. The van der Waals surface area contributed by atoms with Gasteiger partial charge in [0.1, 0.15) is 11.7 Å². The molecule has 29 heavy (non-hydrogen) atoms. The minimum absolute atomic E-state index is 0.257. The highest BCUT2D eigenvalue weighted by Gasteiger charge is 2.41. The fourth-order valence-corrected chi connectivity index (χ4v) is 4.92. The van der Waals surface area contributed by atoms with Crippen molar-refractivity contribution in [3.05, 3.63) is 0 Å². The number of rotatable bonds is 18. The average Bonchev–Trinajstić information content (AvgIpc) is 3.13. The zero-order valence-electron chi connectivity index (χ0n) is 18.4. The molecule has 3 atom stereocenters. The SMILES string of the molecule is CCCCCCCCCCCCCCC(OP1(=O)NCCO1)C(=O)C(C)(O)CO. The molecular formula is C21H42NO6P. The molecule has 0 aliphatic carbocycles. The summed E-state index contributed by atoms with van der Waals surface area (Å²) in [7, 11) is -3.51. The summed E-state index contributed by atoms with van der Waals surface area (Å²) in [6.45, 7) is 3.43. The Morgan fingerprint density at radius 3 is 2.03 bits per heavy atom. The lowest BCUT2D eigenvalue weighted by atomic mass is 9.94. The summed E-state index contributed by atoms with van der Waals surface area (Å²) in [6.07, 6.45) is 13.7. The van der Waals surface area contributed by atoms with Gasteiger partial charge in [0.15, 0.2) is 5.78 Å². The second kappa shape index (κ2) is 14.7. The maximum Gasteiger partial charge on any atom is 0.406 e. The van der Waals surface area contributed by atoms with E-state index in [1.165, 1.54) is 64.7 Å². The quantitative estimate of drug-likeness (QED) is 0.215. The predicted octanol–water partition coefficient (Wildman–Crippen LogP) is 4.50. The van der Waals surface area contributed by atoms with Crippen molar-refractivity contribution in [1.29, 1.82) is 0 Å². The lowest BCUT2D eigenvalue weighted by Gasteiger charge is -2.26. The number of nitrogens with one attached hydrogen (secondary N) is 1. The van der Waals surface area contributed by atoms with E-state index in [0.29, 0.717) is 13.0 Å². The van der Waals surface area contributed by atoms with Crippen molar-refractivity contribution in [3.63, 3.8) is 0 Å². The summed E-state index contributed by atoms with van der Waals surface area (Å²) in [5.41, 5.74) is -1.92. The Morgan fingerprint density at radius 1 is 1.07 bits per heavy atom. The standard InChI is InChI=1S/C21H42NO6P/c1-3-4-5-6-7-8-9-10-11-12-13-14-15-19(20(24)21(2,25)18-23)28-29(26)22-16-17-27-29/h19,23,25H,3-18H2,1-2H3,(H,22,26). The van der Waals surface area contributed by atoms with E-state index >= 15 is 0 Å². The van der Waals surface area contributed by atoms with Gasteiger partial charge < -0.3 is 10.2 Å². The fraction of sp³-hybridized carbons (Fsp3) is 0.952. The van der Waals surface area contributed by atoms with Gasteiger partial charge in [-0.1, -0.05) is 84.0 Å². The number of Topliss-reactive ketones (excluding diaryl/α,β-unsaturated/α-hetero) is 1. The highest BCUT2D eigenvalue weighted by Crippen LogP contribution is 2.48. The molecule has 3 N–H and O–H groups in total. The minimum Gasteiger partial charge on any atom is -0.393 e. The Labute approximate surface area is 176 Å². The summed E-state index contributed by atoms with van der Waals surface area (Å²) in [5, 5.41) is 22.0. The van der Waals surface area contributed by atoms with Crippen LogP contribution in [0, 0.1) is 0 Å². The molecule has 0 amide bonds. The molecular weight excluding hydrogens is 393 g/mol. The molecule has 1 heterocycles. The van der Waals surface area contributed by atoms with Crippen LogP contribution in [0.2, 0.25) is 0 Å². The van der Waals surface area contributed by atoms with Gasteiger partial charge in [-0.3, -0.25) is 13.8 Å². The van der Waals surface area contributed by atoms with E-state index in [1.807, 2.05) is 0 Å². The van der Waals surface area contributed by atoms with Gasteiger partial charge in [-0.25, -0.2) is 9.65 Å². The van der Waals surface area contributed by atoms with Crippen LogP contribution in [-0.4, -0.2) is 47.5 Å². The first kappa shape index (κ1) is 26.7. The Hall–Kier alpha value is -0.300. The molecule has 0 aromatic rings. The van der Waals surface area contributed by atoms with E-state index in [0.717, 1.165) is 19.3 Å². The molecule has 0 spiro atoms. The van der Waals surface area contributed by atoms with Crippen LogP contribution in [0.15, 0.2) is 0 Å². The lowest BCUT2D eigenvalue weighted by Crippen LogP contribution is -2.46. The number of aliphatic hydroxyl groups is 2. The molecule has 1 aliphatic rings. The monoisotopic (exact) mass is 435 g/mol. The van der Waals surface area contributed by atoms with Gasteiger partial charge >= 0.3 is 7.75 Å². The second-order valence-electron chi connectivity index (χ2n) is 8.31. The highest BCUT2D eigenvalue weighted by molar-refractivity contribution is 7.51. The van der Waals surface area contributed by atoms with E-state index < -0.39 is 31.8 Å². The Morgan fingerprint density at radius 2 is 1.59 bits per heavy atom. The normalized spacial score (nSPS) is 22.5. The van der Waals surface area contributed by atoms with Gasteiger partial charge in [-0.2, -0.15) is 0 Å². The highest BCUT2D eigenvalue weighted by atomic mass is 31.2. The van der Waals surface area contributed by atoms with Gasteiger partial charge in [0.2, 0.25) is 0 Å². The van der Waals surface area contributed by atoms with Crippen molar-refractivity contribution in [2.45, 2.75) is 109 Å². The van der Waals surface area contributed by atoms with Crippen molar-refractivity contribution >= 4 is 13.5 Å².